The van der Waals surface area contributed by atoms with Crippen LogP contribution < -0.4 is 4.90 Å². The summed E-state index contributed by atoms with van der Waals surface area (Å²) in [4.78, 5) is 21.8. The number of hydrogen-bond acceptors (Lipinski definition) is 6. The fraction of sp³-hybridized carbons (Fsp3) is 0.500. The van der Waals surface area contributed by atoms with Crippen LogP contribution in [0.15, 0.2) is 31.0 Å². The second kappa shape index (κ2) is 6.79. The summed E-state index contributed by atoms with van der Waals surface area (Å²) in [5.74, 6) is 1.23. The average Bonchev–Trinajstić information content (AvgIpc) is 2.56. The van der Waals surface area contributed by atoms with Crippen molar-refractivity contribution in [3.63, 3.8) is 0 Å². The van der Waals surface area contributed by atoms with E-state index in [1.54, 1.807) is 12.4 Å². The highest BCUT2D eigenvalue weighted by Crippen LogP contribution is 2.25. The fourth-order valence-corrected chi connectivity index (χ4v) is 2.88. The minimum atomic E-state index is 0.476. The molecule has 3 rings (SSSR count). The molecule has 0 aromatic carbocycles. The number of aromatic nitrogens is 4. The van der Waals surface area contributed by atoms with Gasteiger partial charge in [0.05, 0.1) is 5.69 Å². The molecule has 1 aliphatic heterocycles. The molecule has 0 bridgehead atoms. The van der Waals surface area contributed by atoms with Crippen LogP contribution in [0.3, 0.4) is 0 Å². The van der Waals surface area contributed by atoms with Gasteiger partial charge in [0.2, 0.25) is 5.95 Å². The zero-order chi connectivity index (χ0) is 15.4. The van der Waals surface area contributed by atoms with Crippen molar-refractivity contribution < 1.29 is 0 Å². The Hall–Kier alpha value is -2.08. The van der Waals surface area contributed by atoms with Gasteiger partial charge in [0, 0.05) is 69.7 Å². The van der Waals surface area contributed by atoms with Gasteiger partial charge in [-0.25, -0.2) is 9.97 Å². The Morgan fingerprint density at radius 3 is 2.64 bits per heavy atom. The first-order chi connectivity index (χ1) is 10.7. The highest BCUT2D eigenvalue weighted by Gasteiger charge is 2.22. The van der Waals surface area contributed by atoms with Gasteiger partial charge in [-0.3, -0.25) is 14.9 Å². The Labute approximate surface area is 131 Å². The zero-order valence-electron chi connectivity index (χ0n) is 13.2. The van der Waals surface area contributed by atoms with Crippen LogP contribution in [0.4, 0.5) is 5.95 Å². The number of rotatable bonds is 4. The standard InChI is InChI=1S/C16H22N6/c1-21(2)16-19-8-13(9-20-16)11-22-7-3-4-14(12-22)15-10-17-5-6-18-15/h5-6,8-10,14H,3-4,7,11-12H2,1-2H3. The van der Waals surface area contributed by atoms with Gasteiger partial charge in [-0.15, -0.1) is 0 Å². The smallest absolute Gasteiger partial charge is 0.224 e. The van der Waals surface area contributed by atoms with E-state index in [0.29, 0.717) is 5.92 Å². The quantitative estimate of drug-likeness (QED) is 0.856. The molecule has 6 nitrogen and oxygen atoms in total. The Bertz CT molecular complexity index is 583. The Morgan fingerprint density at radius 2 is 1.95 bits per heavy atom. The third-order valence-electron chi connectivity index (χ3n) is 4.00. The summed E-state index contributed by atoms with van der Waals surface area (Å²) in [5, 5.41) is 0. The van der Waals surface area contributed by atoms with E-state index in [2.05, 4.69) is 24.8 Å². The van der Waals surface area contributed by atoms with Crippen molar-refractivity contribution in [1.29, 1.82) is 0 Å². The van der Waals surface area contributed by atoms with E-state index in [9.17, 15) is 0 Å². The lowest BCUT2D eigenvalue weighted by Crippen LogP contribution is -2.34. The summed E-state index contributed by atoms with van der Waals surface area (Å²) in [5.41, 5.74) is 2.26. The molecular formula is C16H22N6. The van der Waals surface area contributed by atoms with E-state index in [1.165, 1.54) is 12.8 Å². The van der Waals surface area contributed by atoms with Crippen molar-refractivity contribution in [2.24, 2.45) is 0 Å². The summed E-state index contributed by atoms with van der Waals surface area (Å²) in [7, 11) is 3.90. The van der Waals surface area contributed by atoms with Crippen LogP contribution in [0, 0.1) is 0 Å². The molecule has 2 aromatic heterocycles. The van der Waals surface area contributed by atoms with Crippen molar-refractivity contribution >= 4 is 5.95 Å². The Morgan fingerprint density at radius 1 is 1.14 bits per heavy atom. The van der Waals surface area contributed by atoms with Crippen LogP contribution in [-0.2, 0) is 6.54 Å². The van der Waals surface area contributed by atoms with Crippen LogP contribution in [0.1, 0.15) is 30.0 Å². The van der Waals surface area contributed by atoms with E-state index in [-0.39, 0.29) is 0 Å². The SMILES string of the molecule is CN(C)c1ncc(CN2CCCC(c3cnccn3)C2)cn1. The predicted octanol–water partition coefficient (Wildman–Crippen LogP) is 1.71. The number of hydrogen-bond donors (Lipinski definition) is 0. The van der Waals surface area contributed by atoms with Gasteiger partial charge < -0.3 is 4.90 Å². The summed E-state index contributed by atoms with van der Waals surface area (Å²) in [6.45, 7) is 3.03. The molecule has 1 fully saturated rings. The molecule has 0 radical (unpaired) electrons. The predicted molar refractivity (Wildman–Crippen MR) is 85.6 cm³/mol. The molecule has 2 aromatic rings. The fourth-order valence-electron chi connectivity index (χ4n) is 2.88. The average molecular weight is 298 g/mol. The third-order valence-corrected chi connectivity index (χ3v) is 4.00. The molecule has 0 aliphatic carbocycles. The van der Waals surface area contributed by atoms with Gasteiger partial charge in [-0.1, -0.05) is 0 Å². The van der Waals surface area contributed by atoms with Crippen molar-refractivity contribution in [2.75, 3.05) is 32.1 Å². The number of nitrogens with zero attached hydrogens (tertiary/aromatic N) is 6. The lowest BCUT2D eigenvalue weighted by molar-refractivity contribution is 0.198. The van der Waals surface area contributed by atoms with E-state index in [0.717, 1.165) is 36.8 Å². The van der Waals surface area contributed by atoms with Crippen LogP contribution in [-0.4, -0.2) is 52.0 Å². The molecule has 1 saturated heterocycles. The maximum absolute atomic E-state index is 4.46. The molecule has 116 valence electrons. The lowest BCUT2D eigenvalue weighted by atomic mass is 9.95. The van der Waals surface area contributed by atoms with Gasteiger partial charge in [0.25, 0.3) is 0 Å². The molecule has 3 heterocycles. The lowest BCUT2D eigenvalue weighted by Gasteiger charge is -2.32. The van der Waals surface area contributed by atoms with E-state index in [4.69, 9.17) is 0 Å². The van der Waals surface area contributed by atoms with Gasteiger partial charge in [0.15, 0.2) is 0 Å². The van der Waals surface area contributed by atoms with Gasteiger partial charge in [-0.05, 0) is 19.4 Å². The molecular weight excluding hydrogens is 276 g/mol. The molecule has 1 aliphatic rings. The molecule has 0 amide bonds. The van der Waals surface area contributed by atoms with Crippen LogP contribution >= 0.6 is 0 Å². The highest BCUT2D eigenvalue weighted by atomic mass is 15.2. The van der Waals surface area contributed by atoms with E-state index < -0.39 is 0 Å². The molecule has 0 N–H and O–H groups in total. The first-order valence-corrected chi connectivity index (χ1v) is 7.69. The summed E-state index contributed by atoms with van der Waals surface area (Å²) < 4.78 is 0. The highest BCUT2D eigenvalue weighted by molar-refractivity contribution is 5.26. The van der Waals surface area contributed by atoms with Gasteiger partial charge in [-0.2, -0.15) is 0 Å². The topological polar surface area (TPSA) is 58.0 Å². The minimum Gasteiger partial charge on any atom is -0.347 e. The van der Waals surface area contributed by atoms with Gasteiger partial charge in [0.1, 0.15) is 0 Å². The second-order valence-electron chi connectivity index (χ2n) is 5.99. The maximum atomic E-state index is 4.46. The Kier molecular flexibility index (Phi) is 4.58. The minimum absolute atomic E-state index is 0.476. The Balaban J connectivity index is 1.63. The van der Waals surface area contributed by atoms with E-state index in [1.807, 2.05) is 37.6 Å². The summed E-state index contributed by atoms with van der Waals surface area (Å²) in [6.07, 6.45) is 11.6. The van der Waals surface area contributed by atoms with Crippen LogP contribution in [0.5, 0.6) is 0 Å². The van der Waals surface area contributed by atoms with Crippen molar-refractivity contribution in [1.82, 2.24) is 24.8 Å². The molecule has 0 saturated carbocycles. The monoisotopic (exact) mass is 298 g/mol. The summed E-state index contributed by atoms with van der Waals surface area (Å²) >= 11 is 0. The molecule has 6 heteroatoms. The second-order valence-corrected chi connectivity index (χ2v) is 5.99. The number of piperidine rings is 1. The molecule has 1 unspecified atom stereocenters. The van der Waals surface area contributed by atoms with Crippen LogP contribution in [0.2, 0.25) is 0 Å². The van der Waals surface area contributed by atoms with Crippen LogP contribution in [0.25, 0.3) is 0 Å². The summed E-state index contributed by atoms with van der Waals surface area (Å²) in [6, 6.07) is 0. The van der Waals surface area contributed by atoms with Crippen molar-refractivity contribution in [3.05, 3.63) is 42.2 Å². The molecule has 0 spiro atoms. The molecule has 22 heavy (non-hydrogen) atoms. The number of anilines is 1. The van der Waals surface area contributed by atoms with Crippen molar-refractivity contribution in [3.8, 4) is 0 Å². The first-order valence-electron chi connectivity index (χ1n) is 7.69. The van der Waals surface area contributed by atoms with E-state index >= 15 is 0 Å². The largest absolute Gasteiger partial charge is 0.347 e. The maximum Gasteiger partial charge on any atom is 0.224 e. The number of likely N-dealkylation sites (tertiary alicyclic amines) is 1. The third kappa shape index (κ3) is 3.57. The van der Waals surface area contributed by atoms with Crippen molar-refractivity contribution in [2.45, 2.75) is 25.3 Å². The first kappa shape index (κ1) is 14.8. The zero-order valence-corrected chi connectivity index (χ0v) is 13.2. The molecule has 1 atom stereocenters. The normalized spacial score (nSPS) is 19.1. The van der Waals surface area contributed by atoms with Gasteiger partial charge >= 0.3 is 0 Å².